The lowest BCUT2D eigenvalue weighted by Gasteiger charge is -2.37. The number of carbonyl (C=O) groups is 2. The zero-order valence-corrected chi connectivity index (χ0v) is 12.6. The van der Waals surface area contributed by atoms with E-state index in [4.69, 9.17) is 5.11 Å². The molecule has 0 bridgehead atoms. The molecule has 1 amide bonds. The van der Waals surface area contributed by atoms with E-state index in [0.717, 1.165) is 19.3 Å². The van der Waals surface area contributed by atoms with Gasteiger partial charge in [-0.3, -0.25) is 9.59 Å². The molecule has 0 unspecified atom stereocenters. The molecule has 1 heterocycles. The molecule has 0 aliphatic heterocycles. The molecule has 1 saturated carbocycles. The number of aliphatic carboxylic acids is 1. The minimum absolute atomic E-state index is 0.0512. The Kier molecular flexibility index (Phi) is 4.36. The zero-order valence-electron chi connectivity index (χ0n) is 12.6. The van der Waals surface area contributed by atoms with Crippen molar-refractivity contribution in [1.82, 2.24) is 19.9 Å². The lowest BCUT2D eigenvalue weighted by molar-refractivity contribution is -0.137. The first kappa shape index (κ1) is 15.2. The lowest BCUT2D eigenvalue weighted by Crippen LogP contribution is -2.45. The predicted molar refractivity (Wildman–Crippen MR) is 82.3 cm³/mol. The van der Waals surface area contributed by atoms with Crippen LogP contribution in [0.5, 0.6) is 0 Å². The van der Waals surface area contributed by atoms with Gasteiger partial charge in [-0.1, -0.05) is 12.1 Å². The summed E-state index contributed by atoms with van der Waals surface area (Å²) in [6.07, 6.45) is 5.97. The van der Waals surface area contributed by atoms with Crippen molar-refractivity contribution in [1.29, 1.82) is 0 Å². The average molecular weight is 314 g/mol. The van der Waals surface area contributed by atoms with Crippen molar-refractivity contribution in [2.45, 2.75) is 31.7 Å². The Morgan fingerprint density at radius 3 is 2.52 bits per heavy atom. The van der Waals surface area contributed by atoms with Gasteiger partial charge in [0, 0.05) is 12.6 Å². The normalized spacial score (nSPS) is 14.3. The largest absolute Gasteiger partial charge is 0.481 e. The van der Waals surface area contributed by atoms with E-state index in [9.17, 15) is 9.59 Å². The molecule has 0 radical (unpaired) electrons. The molecule has 23 heavy (non-hydrogen) atoms. The molecule has 1 fully saturated rings. The summed E-state index contributed by atoms with van der Waals surface area (Å²) in [6.45, 7) is 0.222. The summed E-state index contributed by atoms with van der Waals surface area (Å²) in [5, 5.41) is 17.1. The zero-order chi connectivity index (χ0) is 16.2. The Bertz CT molecular complexity index is 695. The van der Waals surface area contributed by atoms with E-state index in [2.05, 4.69) is 10.2 Å². The summed E-state index contributed by atoms with van der Waals surface area (Å²) < 4.78 is 0. The molecule has 3 rings (SSSR count). The molecule has 1 aliphatic rings. The fourth-order valence-corrected chi connectivity index (χ4v) is 2.69. The maximum Gasteiger partial charge on any atom is 0.305 e. The van der Waals surface area contributed by atoms with Crippen LogP contribution in [0.3, 0.4) is 0 Å². The van der Waals surface area contributed by atoms with E-state index >= 15 is 0 Å². The smallest absolute Gasteiger partial charge is 0.305 e. The Hall–Kier alpha value is -2.70. The van der Waals surface area contributed by atoms with Crippen LogP contribution in [-0.4, -0.2) is 49.5 Å². The van der Waals surface area contributed by atoms with Crippen molar-refractivity contribution in [3.05, 3.63) is 42.2 Å². The number of aromatic nitrogens is 3. The SMILES string of the molecule is O=C(O)CCN(C(=O)c1ccccc1-n1nccn1)C1CCC1. The van der Waals surface area contributed by atoms with Crippen LogP contribution in [0, 0.1) is 0 Å². The maximum absolute atomic E-state index is 13.0. The van der Waals surface area contributed by atoms with Crippen LogP contribution < -0.4 is 0 Å². The van der Waals surface area contributed by atoms with Crippen molar-refractivity contribution in [3.8, 4) is 5.69 Å². The van der Waals surface area contributed by atoms with Crippen molar-refractivity contribution < 1.29 is 14.7 Å². The molecule has 1 aromatic heterocycles. The number of carboxylic acids is 1. The Morgan fingerprint density at radius 1 is 1.22 bits per heavy atom. The van der Waals surface area contributed by atoms with E-state index in [1.807, 2.05) is 6.07 Å². The van der Waals surface area contributed by atoms with Crippen LogP contribution in [0.15, 0.2) is 36.7 Å². The number of amides is 1. The summed E-state index contributed by atoms with van der Waals surface area (Å²) >= 11 is 0. The molecule has 1 aliphatic carbocycles. The van der Waals surface area contributed by atoms with Crippen LogP contribution in [0.1, 0.15) is 36.0 Å². The molecule has 7 nitrogen and oxygen atoms in total. The highest BCUT2D eigenvalue weighted by Gasteiger charge is 2.31. The maximum atomic E-state index is 13.0. The number of para-hydroxylation sites is 1. The molecule has 1 N–H and O–H groups in total. The van der Waals surface area contributed by atoms with E-state index in [1.54, 1.807) is 35.5 Å². The second-order valence-electron chi connectivity index (χ2n) is 5.56. The third-order valence-corrected chi connectivity index (χ3v) is 4.11. The molecule has 0 spiro atoms. The van der Waals surface area contributed by atoms with Crippen LogP contribution in [-0.2, 0) is 4.79 Å². The number of hydrogen-bond acceptors (Lipinski definition) is 4. The van der Waals surface area contributed by atoms with Crippen molar-refractivity contribution in [2.24, 2.45) is 0 Å². The molecule has 2 aromatic rings. The molecule has 0 saturated heterocycles. The average Bonchev–Trinajstić information content (AvgIpc) is 3.02. The topological polar surface area (TPSA) is 88.3 Å². The van der Waals surface area contributed by atoms with Gasteiger partial charge in [-0.05, 0) is 31.4 Å². The Labute approximate surface area is 133 Å². The summed E-state index contributed by atoms with van der Waals surface area (Å²) in [7, 11) is 0. The molecule has 7 heteroatoms. The second-order valence-corrected chi connectivity index (χ2v) is 5.56. The minimum Gasteiger partial charge on any atom is -0.481 e. The van der Waals surface area contributed by atoms with Gasteiger partial charge in [0.15, 0.2) is 0 Å². The van der Waals surface area contributed by atoms with Crippen LogP contribution in [0.25, 0.3) is 5.69 Å². The second kappa shape index (κ2) is 6.60. The van der Waals surface area contributed by atoms with Gasteiger partial charge in [0.2, 0.25) is 0 Å². The summed E-state index contributed by atoms with van der Waals surface area (Å²) in [5.74, 6) is -1.06. The van der Waals surface area contributed by atoms with Gasteiger partial charge >= 0.3 is 5.97 Å². The fraction of sp³-hybridized carbons (Fsp3) is 0.375. The van der Waals surface area contributed by atoms with E-state index < -0.39 is 5.97 Å². The fourth-order valence-electron chi connectivity index (χ4n) is 2.69. The van der Waals surface area contributed by atoms with Crippen LogP contribution >= 0.6 is 0 Å². The number of hydrogen-bond donors (Lipinski definition) is 1. The third kappa shape index (κ3) is 3.23. The minimum atomic E-state index is -0.899. The summed E-state index contributed by atoms with van der Waals surface area (Å²) in [4.78, 5) is 26.9. The molecular weight excluding hydrogens is 296 g/mol. The van der Waals surface area contributed by atoms with Crippen molar-refractivity contribution in [3.63, 3.8) is 0 Å². The lowest BCUT2D eigenvalue weighted by atomic mass is 9.90. The van der Waals surface area contributed by atoms with Gasteiger partial charge in [-0.15, -0.1) is 0 Å². The van der Waals surface area contributed by atoms with Gasteiger partial charge in [-0.25, -0.2) is 0 Å². The highest BCUT2D eigenvalue weighted by atomic mass is 16.4. The highest BCUT2D eigenvalue weighted by molar-refractivity contribution is 5.98. The van der Waals surface area contributed by atoms with E-state index in [0.29, 0.717) is 11.3 Å². The summed E-state index contributed by atoms with van der Waals surface area (Å²) in [6, 6.07) is 7.24. The standard InChI is InChI=1S/C16H18N4O3/c21-15(22)8-11-19(12-4-3-5-12)16(23)13-6-1-2-7-14(13)20-17-9-10-18-20/h1-2,6-7,9-10,12H,3-5,8,11H2,(H,21,22). The summed E-state index contributed by atoms with van der Waals surface area (Å²) in [5.41, 5.74) is 1.09. The van der Waals surface area contributed by atoms with Crippen molar-refractivity contribution >= 4 is 11.9 Å². The third-order valence-electron chi connectivity index (χ3n) is 4.11. The Morgan fingerprint density at radius 2 is 1.91 bits per heavy atom. The number of carbonyl (C=O) groups excluding carboxylic acids is 1. The van der Waals surface area contributed by atoms with E-state index in [-0.39, 0.29) is 24.9 Å². The van der Waals surface area contributed by atoms with Gasteiger partial charge in [0.05, 0.1) is 30.1 Å². The van der Waals surface area contributed by atoms with Crippen LogP contribution in [0.2, 0.25) is 0 Å². The number of carboxylic acid groups (broad SMARTS) is 1. The van der Waals surface area contributed by atoms with E-state index in [1.165, 1.54) is 4.80 Å². The molecule has 120 valence electrons. The quantitative estimate of drug-likeness (QED) is 0.877. The molecule has 0 atom stereocenters. The van der Waals surface area contributed by atoms with Gasteiger partial charge in [0.25, 0.3) is 5.91 Å². The Balaban J connectivity index is 1.89. The number of benzene rings is 1. The number of rotatable bonds is 6. The van der Waals surface area contributed by atoms with Gasteiger partial charge in [-0.2, -0.15) is 15.0 Å². The molecule has 1 aromatic carbocycles. The highest BCUT2D eigenvalue weighted by Crippen LogP contribution is 2.27. The monoisotopic (exact) mass is 314 g/mol. The predicted octanol–water partition coefficient (Wildman–Crippen LogP) is 1.74. The molecular formula is C16H18N4O3. The first-order valence-electron chi connectivity index (χ1n) is 7.65. The van der Waals surface area contributed by atoms with Gasteiger partial charge < -0.3 is 10.0 Å². The first-order valence-corrected chi connectivity index (χ1v) is 7.65. The number of nitrogens with zero attached hydrogens (tertiary/aromatic N) is 4. The van der Waals surface area contributed by atoms with Crippen LogP contribution in [0.4, 0.5) is 0 Å². The van der Waals surface area contributed by atoms with Crippen molar-refractivity contribution in [2.75, 3.05) is 6.54 Å². The van der Waals surface area contributed by atoms with Gasteiger partial charge in [0.1, 0.15) is 0 Å². The first-order chi connectivity index (χ1) is 11.2.